The third kappa shape index (κ3) is 10.4. The number of Topliss-reactive ketones (excluding diaryl/α,β-unsaturated/α-hetero) is 1. The molecule has 3 aliphatic rings. The minimum absolute atomic E-state index is 0.0878. The number of sulfonamides is 1. The SMILES string of the molecule is CC(=O)C(CCCN=C(N)NS(=O)(=O)c1c(C)c(C)c2c(c1C)CC(C)(C)O2)NC(=O)CCC(=O)OCOc1cc(=[N+]2CCOCC2)oc2c(-c3ccc4c(c3)OCCO4)csc12. The number of esters is 1. The number of guanidine groups is 1. The van der Waals surface area contributed by atoms with E-state index < -0.39 is 40.3 Å². The quantitative estimate of drug-likeness (QED) is 0.0381. The molecule has 4 N–H and O–H groups in total. The number of fused-ring (bicyclic) bond motifs is 3. The van der Waals surface area contributed by atoms with Crippen molar-refractivity contribution in [1.29, 1.82) is 0 Å². The summed E-state index contributed by atoms with van der Waals surface area (Å²) in [5.41, 5.74) is 11.2. The fourth-order valence-corrected chi connectivity index (χ4v) is 10.3. The number of hydrogen-bond acceptors (Lipinski definition) is 14. The van der Waals surface area contributed by atoms with Crippen LogP contribution in [0.3, 0.4) is 0 Å². The minimum Gasteiger partial charge on any atom is -0.487 e. The number of morpholine rings is 1. The van der Waals surface area contributed by atoms with Crippen molar-refractivity contribution in [3.63, 3.8) is 0 Å². The van der Waals surface area contributed by atoms with Crippen LogP contribution in [0.1, 0.15) is 68.7 Å². The van der Waals surface area contributed by atoms with E-state index in [0.29, 0.717) is 96.6 Å². The second-order valence-electron chi connectivity index (χ2n) is 16.3. The predicted molar refractivity (Wildman–Crippen MR) is 235 cm³/mol. The van der Waals surface area contributed by atoms with Crippen LogP contribution in [-0.2, 0) is 40.3 Å². The minimum atomic E-state index is -4.08. The molecule has 17 nitrogen and oxygen atoms in total. The summed E-state index contributed by atoms with van der Waals surface area (Å²) in [5, 5.41) is 4.64. The number of nitrogens with zero attached hydrogens (tertiary/aromatic N) is 2. The van der Waals surface area contributed by atoms with Gasteiger partial charge >= 0.3 is 11.5 Å². The average Bonchev–Trinajstić information content (AvgIpc) is 3.83. The van der Waals surface area contributed by atoms with Gasteiger partial charge in [-0.1, -0.05) is 6.07 Å². The lowest BCUT2D eigenvalue weighted by Gasteiger charge is -2.19. The van der Waals surface area contributed by atoms with Crippen molar-refractivity contribution in [3.05, 3.63) is 57.5 Å². The van der Waals surface area contributed by atoms with Crippen LogP contribution in [-0.4, -0.2) is 96.5 Å². The van der Waals surface area contributed by atoms with Crippen LogP contribution in [0.25, 0.3) is 21.4 Å². The summed E-state index contributed by atoms with van der Waals surface area (Å²) in [6, 6.07) is 6.66. The van der Waals surface area contributed by atoms with Crippen LogP contribution in [0.15, 0.2) is 44.0 Å². The predicted octanol–water partition coefficient (Wildman–Crippen LogP) is 4.18. The van der Waals surface area contributed by atoms with Gasteiger partial charge in [-0.2, -0.15) is 4.58 Å². The molecule has 0 spiro atoms. The van der Waals surface area contributed by atoms with E-state index in [2.05, 4.69) is 19.6 Å². The standard InChI is InChI=1S/C44H53N5O12S2/c1-25-26(2)42(27(3)30-22-44(5,6)61-39(25)30)63(53,54)48-43(45)46-13-7-8-32(28(4)50)47-36(51)11-12-38(52)59-24-58-35-21-37(49-14-16-55-17-15-49)60-40-31(23-62-41(35)40)29-9-10-33-34(20-29)57-19-18-56-33/h9-10,20-21,23,32H,7-8,11-19,22,24H2,1-6H3,(H3-,45,46,47,48,51)/p+1. The van der Waals surface area contributed by atoms with Gasteiger partial charge in [0.15, 0.2) is 41.7 Å². The first kappa shape index (κ1) is 45.4. The molecule has 19 heteroatoms. The molecule has 7 rings (SSSR count). The third-order valence-corrected chi connectivity index (χ3v) is 13.8. The number of aliphatic imine (C=N–C) groups is 1. The topological polar surface area (TPSA) is 219 Å². The van der Waals surface area contributed by atoms with E-state index in [9.17, 15) is 22.8 Å². The first-order chi connectivity index (χ1) is 30.0. The lowest BCUT2D eigenvalue weighted by Crippen LogP contribution is -2.40. The monoisotopic (exact) mass is 908 g/mol. The van der Waals surface area contributed by atoms with Gasteiger partial charge in [-0.05, 0) is 88.8 Å². The molecule has 5 heterocycles. The normalized spacial score (nSPS) is 16.2. The Hall–Kier alpha value is -5.66. The van der Waals surface area contributed by atoms with E-state index in [-0.39, 0.29) is 42.4 Å². The van der Waals surface area contributed by atoms with Crippen molar-refractivity contribution >= 4 is 55.3 Å². The molecule has 338 valence electrons. The van der Waals surface area contributed by atoms with Crippen LogP contribution in [0.4, 0.5) is 0 Å². The van der Waals surface area contributed by atoms with Crippen molar-refractivity contribution in [2.45, 2.75) is 90.2 Å². The molecular formula is C44H54N5O12S2+. The third-order valence-electron chi connectivity index (χ3n) is 11.2. The van der Waals surface area contributed by atoms with Crippen molar-refractivity contribution in [2.24, 2.45) is 10.7 Å². The lowest BCUT2D eigenvalue weighted by atomic mass is 9.94. The van der Waals surface area contributed by atoms with E-state index in [0.717, 1.165) is 28.0 Å². The Labute approximate surface area is 369 Å². The Kier molecular flexibility index (Phi) is 13.7. The van der Waals surface area contributed by atoms with E-state index in [1.54, 1.807) is 19.9 Å². The average molecular weight is 909 g/mol. The van der Waals surface area contributed by atoms with Gasteiger partial charge in [-0.25, -0.2) is 13.1 Å². The number of nitrogens with two attached hydrogens (primary N) is 1. The highest BCUT2D eigenvalue weighted by Gasteiger charge is 2.37. The molecular weight excluding hydrogens is 855 g/mol. The number of benzene rings is 2. The maximum absolute atomic E-state index is 13.5. The molecule has 63 heavy (non-hydrogen) atoms. The van der Waals surface area contributed by atoms with Crippen molar-refractivity contribution in [3.8, 4) is 34.1 Å². The van der Waals surface area contributed by atoms with Crippen molar-refractivity contribution in [1.82, 2.24) is 14.6 Å². The second-order valence-corrected chi connectivity index (χ2v) is 18.8. The van der Waals surface area contributed by atoms with Crippen LogP contribution in [0.2, 0.25) is 0 Å². The van der Waals surface area contributed by atoms with E-state index in [1.807, 2.05) is 44.4 Å². The largest absolute Gasteiger partial charge is 0.487 e. The van der Waals surface area contributed by atoms with Gasteiger partial charge in [-0.3, -0.25) is 19.4 Å². The molecule has 2 aromatic carbocycles. The molecule has 0 saturated carbocycles. The number of ketones is 1. The van der Waals surface area contributed by atoms with Crippen LogP contribution in [0, 0.1) is 20.8 Å². The zero-order chi connectivity index (χ0) is 45.1. The lowest BCUT2D eigenvalue weighted by molar-refractivity contribution is -0.151. The molecule has 2 aromatic heterocycles. The molecule has 1 fully saturated rings. The highest BCUT2D eigenvalue weighted by Crippen LogP contribution is 2.44. The van der Waals surface area contributed by atoms with Gasteiger partial charge < -0.3 is 43.9 Å². The molecule has 0 aliphatic carbocycles. The zero-order valence-electron chi connectivity index (χ0n) is 36.3. The Morgan fingerprint density at radius 2 is 1.75 bits per heavy atom. The van der Waals surface area contributed by atoms with E-state index >= 15 is 0 Å². The summed E-state index contributed by atoms with van der Waals surface area (Å²) in [6.07, 6.45) is 0.623. The molecule has 0 radical (unpaired) electrons. The number of rotatable bonds is 15. The second kappa shape index (κ2) is 19.0. The van der Waals surface area contributed by atoms with Gasteiger partial charge in [0.25, 0.3) is 10.0 Å². The smallest absolute Gasteiger partial charge is 0.371 e. The number of carbonyl (C=O) groups is 3. The Bertz CT molecular complexity index is 2640. The number of hydrogen-bond donors (Lipinski definition) is 3. The van der Waals surface area contributed by atoms with E-state index in [4.69, 9.17) is 38.6 Å². The maximum atomic E-state index is 13.5. The highest BCUT2D eigenvalue weighted by molar-refractivity contribution is 7.90. The molecule has 1 saturated heterocycles. The summed E-state index contributed by atoms with van der Waals surface area (Å²) in [4.78, 5) is 42.3. The van der Waals surface area contributed by atoms with Crippen molar-refractivity contribution < 1.29 is 55.6 Å². The van der Waals surface area contributed by atoms with Crippen LogP contribution in [0.5, 0.6) is 23.0 Å². The van der Waals surface area contributed by atoms with Gasteiger partial charge in [0.1, 0.15) is 42.5 Å². The zero-order valence-corrected chi connectivity index (χ0v) is 38.0. The Morgan fingerprint density at radius 1 is 1.00 bits per heavy atom. The van der Waals surface area contributed by atoms with Crippen molar-refractivity contribution in [2.75, 3.05) is 52.9 Å². The van der Waals surface area contributed by atoms with Gasteiger partial charge in [0, 0.05) is 35.9 Å². The van der Waals surface area contributed by atoms with Crippen LogP contribution < -0.4 is 44.8 Å². The highest BCUT2D eigenvalue weighted by atomic mass is 32.2. The van der Waals surface area contributed by atoms with Gasteiger partial charge in [0.05, 0.1) is 23.4 Å². The first-order valence-corrected chi connectivity index (χ1v) is 23.2. The summed E-state index contributed by atoms with van der Waals surface area (Å²) in [5.74, 6) is 0.752. The van der Waals surface area contributed by atoms with Gasteiger partial charge in [0.2, 0.25) is 18.7 Å². The summed E-state index contributed by atoms with van der Waals surface area (Å²) >= 11 is 1.42. The molecule has 1 unspecified atom stereocenters. The van der Waals surface area contributed by atoms with E-state index in [1.165, 1.54) is 18.3 Å². The number of nitrogens with one attached hydrogen (secondary N) is 2. The summed E-state index contributed by atoms with van der Waals surface area (Å²) in [6.45, 7) is 13.6. The first-order valence-electron chi connectivity index (χ1n) is 20.8. The number of thiophene rings is 1. The van der Waals surface area contributed by atoms with Crippen LogP contribution >= 0.6 is 11.3 Å². The number of ether oxygens (including phenoxy) is 6. The number of amides is 1. The fraction of sp³-hybridized carbons (Fsp3) is 0.477. The molecule has 4 aromatic rings. The summed E-state index contributed by atoms with van der Waals surface area (Å²) < 4.78 is 73.2. The Morgan fingerprint density at radius 3 is 2.49 bits per heavy atom. The van der Waals surface area contributed by atoms with Gasteiger partial charge in [-0.15, -0.1) is 11.3 Å². The molecule has 1 amide bonds. The number of carbonyl (C=O) groups excluding carboxylic acids is 3. The summed E-state index contributed by atoms with van der Waals surface area (Å²) in [7, 11) is -4.08. The Balaban J connectivity index is 0.904. The molecule has 1 atom stereocenters. The maximum Gasteiger partial charge on any atom is 0.371 e. The molecule has 0 bridgehead atoms. The molecule has 3 aliphatic heterocycles. The fourth-order valence-electron chi connectivity index (χ4n) is 7.84.